The highest BCUT2D eigenvalue weighted by atomic mass is 19.4. The molecule has 0 aliphatic heterocycles. The van der Waals surface area contributed by atoms with Crippen molar-refractivity contribution < 1.29 is 17.9 Å². The number of alkyl halides is 3. The summed E-state index contributed by atoms with van der Waals surface area (Å²) in [5.74, 6) is 0.455. The summed E-state index contributed by atoms with van der Waals surface area (Å²) < 4.78 is 43.2. The molecular formula is C16H11F3N2O. The second-order valence-corrected chi connectivity index (χ2v) is 4.38. The number of hydrogen-bond donors (Lipinski definition) is 1. The summed E-state index contributed by atoms with van der Waals surface area (Å²) in [6.07, 6.45) is -3.22. The lowest BCUT2D eigenvalue weighted by Crippen LogP contribution is -2.04. The molecule has 0 heterocycles. The average molecular weight is 304 g/mol. The zero-order valence-corrected chi connectivity index (χ0v) is 11.3. The van der Waals surface area contributed by atoms with Crippen LogP contribution in [-0.2, 0) is 6.18 Å². The second kappa shape index (κ2) is 6.22. The molecule has 0 amide bonds. The number of nitrogens with zero attached hydrogens (tertiary/aromatic N) is 1. The first-order valence-corrected chi connectivity index (χ1v) is 6.21. The van der Waals surface area contributed by atoms with Gasteiger partial charge in [-0.15, -0.1) is 0 Å². The molecule has 0 spiro atoms. The van der Waals surface area contributed by atoms with Gasteiger partial charge in [0.15, 0.2) is 0 Å². The minimum absolute atomic E-state index is 0.0862. The summed E-state index contributed by atoms with van der Waals surface area (Å²) in [6.45, 7) is 0. The van der Waals surface area contributed by atoms with Gasteiger partial charge < -0.3 is 10.5 Å². The summed E-state index contributed by atoms with van der Waals surface area (Å²) in [6, 6.07) is 12.8. The summed E-state index contributed by atoms with van der Waals surface area (Å²) in [5.41, 5.74) is 5.80. The summed E-state index contributed by atoms with van der Waals surface area (Å²) >= 11 is 0. The van der Waals surface area contributed by atoms with Crippen LogP contribution in [0.3, 0.4) is 0 Å². The van der Waals surface area contributed by atoms with E-state index in [1.54, 1.807) is 24.3 Å². The minimum Gasteiger partial charge on any atom is -0.457 e. The maximum absolute atomic E-state index is 12.6. The number of ether oxygens (including phenoxy) is 1. The molecule has 2 rings (SSSR count). The normalized spacial score (nSPS) is 11.8. The molecule has 0 atom stereocenters. The predicted octanol–water partition coefficient (Wildman–Crippen LogP) is 4.32. The van der Waals surface area contributed by atoms with Crippen LogP contribution in [0.15, 0.2) is 54.6 Å². The third kappa shape index (κ3) is 3.79. The van der Waals surface area contributed by atoms with E-state index in [0.29, 0.717) is 17.0 Å². The number of nitrogens with two attached hydrogens (primary N) is 1. The molecule has 0 saturated heterocycles. The fraction of sp³-hybridized carbons (Fsp3) is 0.0625. The zero-order chi connectivity index (χ0) is 16.2. The highest BCUT2D eigenvalue weighted by Gasteiger charge is 2.30. The van der Waals surface area contributed by atoms with Crippen LogP contribution in [-0.4, -0.2) is 0 Å². The van der Waals surface area contributed by atoms with Crippen molar-refractivity contribution in [1.82, 2.24) is 0 Å². The van der Waals surface area contributed by atoms with Gasteiger partial charge in [-0.05, 0) is 48.0 Å². The van der Waals surface area contributed by atoms with Gasteiger partial charge in [0.05, 0.1) is 11.6 Å². The molecule has 0 bridgehead atoms. The Hall–Kier alpha value is -2.94. The van der Waals surface area contributed by atoms with Gasteiger partial charge in [0, 0.05) is 11.8 Å². The van der Waals surface area contributed by atoms with Crippen molar-refractivity contribution in [2.45, 2.75) is 6.18 Å². The molecule has 6 heteroatoms. The number of rotatable bonds is 3. The van der Waals surface area contributed by atoms with E-state index in [1.807, 2.05) is 6.07 Å². The van der Waals surface area contributed by atoms with Crippen LogP contribution in [0.2, 0.25) is 0 Å². The van der Waals surface area contributed by atoms with Gasteiger partial charge in [0.25, 0.3) is 0 Å². The molecule has 2 N–H and O–H groups in total. The highest BCUT2D eigenvalue weighted by Crippen LogP contribution is 2.32. The third-order valence-electron chi connectivity index (χ3n) is 2.80. The molecule has 0 radical (unpaired) electrons. The quantitative estimate of drug-likeness (QED) is 0.859. The topological polar surface area (TPSA) is 59.0 Å². The molecular weight excluding hydrogens is 293 g/mol. The van der Waals surface area contributed by atoms with E-state index in [4.69, 9.17) is 15.7 Å². The highest BCUT2D eigenvalue weighted by molar-refractivity contribution is 5.65. The molecule has 2 aromatic rings. The molecule has 2 aromatic carbocycles. The third-order valence-corrected chi connectivity index (χ3v) is 2.80. The first-order chi connectivity index (χ1) is 10.4. The van der Waals surface area contributed by atoms with Crippen molar-refractivity contribution in [2.24, 2.45) is 5.73 Å². The Balaban J connectivity index is 2.18. The van der Waals surface area contributed by atoms with E-state index in [-0.39, 0.29) is 5.75 Å². The summed E-state index contributed by atoms with van der Waals surface area (Å²) in [4.78, 5) is 0. The number of nitriles is 1. The Morgan fingerprint density at radius 3 is 2.36 bits per heavy atom. The lowest BCUT2D eigenvalue weighted by Gasteiger charge is -2.10. The second-order valence-electron chi connectivity index (χ2n) is 4.38. The standard InChI is InChI=1S/C16H11F3N2O/c17-16(18,19)12-2-1-3-14(10-12)22-13-6-4-11(5-7-13)15(21)8-9-20/h1-8,10H,21H2/b15-8-. The largest absolute Gasteiger partial charge is 0.457 e. The van der Waals surface area contributed by atoms with Crippen LogP contribution in [0.5, 0.6) is 11.5 Å². The van der Waals surface area contributed by atoms with E-state index >= 15 is 0 Å². The molecule has 0 aromatic heterocycles. The van der Waals surface area contributed by atoms with Crippen LogP contribution in [0.4, 0.5) is 13.2 Å². The van der Waals surface area contributed by atoms with Crippen LogP contribution < -0.4 is 10.5 Å². The van der Waals surface area contributed by atoms with E-state index in [9.17, 15) is 13.2 Å². The van der Waals surface area contributed by atoms with Crippen molar-refractivity contribution in [3.8, 4) is 17.6 Å². The van der Waals surface area contributed by atoms with Crippen LogP contribution in [0.1, 0.15) is 11.1 Å². The molecule has 0 unspecified atom stereocenters. The smallest absolute Gasteiger partial charge is 0.416 e. The van der Waals surface area contributed by atoms with E-state index < -0.39 is 11.7 Å². The summed E-state index contributed by atoms with van der Waals surface area (Å²) in [7, 11) is 0. The Bertz CT molecular complexity index is 728. The predicted molar refractivity (Wildman–Crippen MR) is 75.7 cm³/mol. The molecule has 0 aliphatic carbocycles. The van der Waals surface area contributed by atoms with Crippen LogP contribution in [0, 0.1) is 11.3 Å². The summed E-state index contributed by atoms with van der Waals surface area (Å²) in [5, 5.41) is 8.52. The first kappa shape index (κ1) is 15.4. The first-order valence-electron chi connectivity index (χ1n) is 6.21. The lowest BCUT2D eigenvalue weighted by atomic mass is 10.1. The van der Waals surface area contributed by atoms with Gasteiger partial charge in [-0.1, -0.05) is 6.07 Å². The fourth-order valence-corrected chi connectivity index (χ4v) is 1.74. The van der Waals surface area contributed by atoms with Crippen LogP contribution >= 0.6 is 0 Å². The molecule has 112 valence electrons. The van der Waals surface area contributed by atoms with Gasteiger partial charge in [-0.3, -0.25) is 0 Å². The molecule has 0 aliphatic rings. The fourth-order valence-electron chi connectivity index (χ4n) is 1.74. The van der Waals surface area contributed by atoms with Crippen molar-refractivity contribution in [3.05, 3.63) is 65.7 Å². The van der Waals surface area contributed by atoms with Crippen molar-refractivity contribution in [2.75, 3.05) is 0 Å². The number of benzene rings is 2. The Morgan fingerprint density at radius 1 is 1.09 bits per heavy atom. The zero-order valence-electron chi connectivity index (χ0n) is 11.3. The van der Waals surface area contributed by atoms with Crippen molar-refractivity contribution >= 4 is 5.70 Å². The minimum atomic E-state index is -4.42. The molecule has 0 fully saturated rings. The van der Waals surface area contributed by atoms with E-state index in [0.717, 1.165) is 12.1 Å². The molecule has 3 nitrogen and oxygen atoms in total. The van der Waals surface area contributed by atoms with Crippen molar-refractivity contribution in [3.63, 3.8) is 0 Å². The average Bonchev–Trinajstić information content (AvgIpc) is 2.48. The molecule has 0 saturated carbocycles. The van der Waals surface area contributed by atoms with Gasteiger partial charge >= 0.3 is 6.18 Å². The maximum Gasteiger partial charge on any atom is 0.416 e. The van der Waals surface area contributed by atoms with Gasteiger partial charge in [-0.25, -0.2) is 0 Å². The van der Waals surface area contributed by atoms with Gasteiger partial charge in [-0.2, -0.15) is 18.4 Å². The van der Waals surface area contributed by atoms with Gasteiger partial charge in [0.1, 0.15) is 11.5 Å². The van der Waals surface area contributed by atoms with E-state index in [1.165, 1.54) is 18.2 Å². The Labute approximate surface area is 125 Å². The van der Waals surface area contributed by atoms with E-state index in [2.05, 4.69) is 0 Å². The molecule has 22 heavy (non-hydrogen) atoms. The monoisotopic (exact) mass is 304 g/mol. The number of hydrogen-bond acceptors (Lipinski definition) is 3. The Morgan fingerprint density at radius 2 is 1.77 bits per heavy atom. The maximum atomic E-state index is 12.6. The van der Waals surface area contributed by atoms with Crippen LogP contribution in [0.25, 0.3) is 5.70 Å². The van der Waals surface area contributed by atoms with Gasteiger partial charge in [0.2, 0.25) is 0 Å². The number of allylic oxidation sites excluding steroid dienone is 1. The van der Waals surface area contributed by atoms with Crippen molar-refractivity contribution in [1.29, 1.82) is 5.26 Å². The Kier molecular flexibility index (Phi) is 4.37. The lowest BCUT2D eigenvalue weighted by molar-refractivity contribution is -0.137. The number of halogens is 3. The SMILES string of the molecule is N#C/C=C(\N)c1ccc(Oc2cccc(C(F)(F)F)c2)cc1.